The summed E-state index contributed by atoms with van der Waals surface area (Å²) < 4.78 is 14.5. The van der Waals surface area contributed by atoms with E-state index in [9.17, 15) is 0 Å². The van der Waals surface area contributed by atoms with E-state index in [1.807, 2.05) is 20.0 Å². The summed E-state index contributed by atoms with van der Waals surface area (Å²) >= 11 is 0. The molecule has 0 rings (SSSR count). The lowest BCUT2D eigenvalue weighted by atomic mass is 11.8. The molecular weight excluding hydrogens is 158 g/mol. The minimum Gasteiger partial charge on any atom is -0.336 e. The summed E-state index contributed by atoms with van der Waals surface area (Å²) in [5.41, 5.74) is 0. The third-order valence-electron chi connectivity index (χ3n) is 0.544. The van der Waals surface area contributed by atoms with Crippen molar-refractivity contribution in [3.63, 3.8) is 0 Å². The smallest absolute Gasteiger partial charge is 0.205 e. The van der Waals surface area contributed by atoms with Crippen LogP contribution < -0.4 is 0 Å². The van der Waals surface area contributed by atoms with Crippen molar-refractivity contribution in [3.05, 3.63) is 0 Å². The Morgan fingerprint density at radius 1 is 1.00 bits per heavy atom. The maximum Gasteiger partial charge on any atom is 0.205 e. The minimum absolute atomic E-state index is 0.425. The van der Waals surface area contributed by atoms with E-state index >= 15 is 0 Å². The fraction of sp³-hybridized carbons (Fsp3) is 1.00. The van der Waals surface area contributed by atoms with Gasteiger partial charge in [0.05, 0.1) is 8.15 Å². The second-order valence-corrected chi connectivity index (χ2v) is 4.75. The highest BCUT2D eigenvalue weighted by atomic mass is 31.2. The highest BCUT2D eigenvalue weighted by Crippen LogP contribution is 2.38. The Hall–Kier alpha value is 0.740. The van der Waals surface area contributed by atoms with E-state index < -0.39 is 16.5 Å². The zero-order chi connectivity index (χ0) is 7.28. The maximum atomic E-state index is 4.86. The Morgan fingerprint density at radius 3 is 1.89 bits per heavy atom. The first-order chi connectivity index (χ1) is 4.16. The van der Waals surface area contributed by atoms with Crippen molar-refractivity contribution in [1.82, 2.24) is 0 Å². The first-order valence-electron chi connectivity index (χ1n) is 2.46. The predicted octanol–water partition coefficient (Wildman–Crippen LogP) is 2.18. The number of hydrogen-bond acceptors (Lipinski definition) is 3. The lowest BCUT2D eigenvalue weighted by molar-refractivity contribution is -0.0861. The van der Waals surface area contributed by atoms with Crippen LogP contribution in [0.4, 0.5) is 0 Å². The van der Waals surface area contributed by atoms with Gasteiger partial charge in [-0.3, -0.25) is 0 Å². The van der Waals surface area contributed by atoms with Gasteiger partial charge in [0.1, 0.15) is 0 Å². The van der Waals surface area contributed by atoms with E-state index in [4.69, 9.17) is 13.9 Å². The largest absolute Gasteiger partial charge is 0.336 e. The average molecular weight is 170 g/mol. The first kappa shape index (κ1) is 9.74. The molecule has 0 aliphatic rings. The lowest BCUT2D eigenvalue weighted by Gasteiger charge is -2.09. The zero-order valence-corrected chi connectivity index (χ0v) is 7.91. The normalized spacial score (nSPS) is 14.3. The lowest BCUT2D eigenvalue weighted by Crippen LogP contribution is -1.83. The topological polar surface area (TPSA) is 27.7 Å². The molecule has 0 heterocycles. The van der Waals surface area contributed by atoms with Gasteiger partial charge in [0.25, 0.3) is 0 Å². The van der Waals surface area contributed by atoms with Gasteiger partial charge >= 0.3 is 0 Å². The molecule has 0 N–H and O–H groups in total. The van der Waals surface area contributed by atoms with Crippen LogP contribution >= 0.6 is 16.5 Å². The van der Waals surface area contributed by atoms with Crippen LogP contribution in [0.2, 0.25) is 0 Å². The summed E-state index contributed by atoms with van der Waals surface area (Å²) in [7, 11) is 0.358. The third-order valence-corrected chi connectivity index (χ3v) is 1.83. The van der Waals surface area contributed by atoms with Crippen molar-refractivity contribution in [1.29, 1.82) is 0 Å². The van der Waals surface area contributed by atoms with Gasteiger partial charge in [-0.1, -0.05) is 0 Å². The molecule has 0 bridgehead atoms. The fourth-order valence-electron chi connectivity index (χ4n) is 0.144. The summed E-state index contributed by atoms with van der Waals surface area (Å²) in [6.45, 7) is 5.77. The van der Waals surface area contributed by atoms with Crippen LogP contribution in [0.25, 0.3) is 0 Å². The molecule has 0 saturated carbocycles. The summed E-state index contributed by atoms with van der Waals surface area (Å²) in [5.74, 6) is 0. The van der Waals surface area contributed by atoms with Gasteiger partial charge in [0, 0.05) is 13.8 Å². The van der Waals surface area contributed by atoms with Crippen molar-refractivity contribution in [2.75, 3.05) is 27.1 Å². The van der Waals surface area contributed by atoms with Crippen LogP contribution in [0.1, 0.15) is 0 Å². The molecule has 0 saturated heterocycles. The fourth-order valence-corrected chi connectivity index (χ4v) is 1.11. The van der Waals surface area contributed by atoms with Crippen molar-refractivity contribution < 1.29 is 13.9 Å². The Labute approximate surface area is 58.4 Å². The maximum absolute atomic E-state index is 4.86. The molecule has 0 aromatic heterocycles. The number of hydrogen-bond donors (Lipinski definition) is 0. The third kappa shape index (κ3) is 6.63. The van der Waals surface area contributed by atoms with Crippen LogP contribution in [0, 0.1) is 0 Å². The summed E-state index contributed by atoms with van der Waals surface area (Å²) in [4.78, 5) is 0. The Morgan fingerprint density at radius 2 is 1.56 bits per heavy atom. The highest BCUT2D eigenvalue weighted by molar-refractivity contribution is 7.51. The molecule has 0 aromatic carbocycles. The van der Waals surface area contributed by atoms with E-state index in [1.54, 1.807) is 7.11 Å². The van der Waals surface area contributed by atoms with E-state index in [0.717, 1.165) is 0 Å². The van der Waals surface area contributed by atoms with Crippen molar-refractivity contribution in [2.45, 2.75) is 0 Å². The SMILES string of the molecule is COP(C)OOP(C)C. The monoisotopic (exact) mass is 170 g/mol. The van der Waals surface area contributed by atoms with Gasteiger partial charge in [0.2, 0.25) is 8.38 Å². The van der Waals surface area contributed by atoms with E-state index in [1.165, 1.54) is 0 Å². The summed E-state index contributed by atoms with van der Waals surface area (Å²) in [6.07, 6.45) is 0. The Bertz CT molecular complexity index is 68.8. The van der Waals surface area contributed by atoms with Crippen LogP contribution in [0.15, 0.2) is 0 Å². The second-order valence-electron chi connectivity index (χ2n) is 1.58. The highest BCUT2D eigenvalue weighted by Gasteiger charge is 2.01. The minimum atomic E-state index is -0.817. The van der Waals surface area contributed by atoms with Gasteiger partial charge in [-0.25, -0.2) is 4.67 Å². The van der Waals surface area contributed by atoms with Crippen LogP contribution in [-0.2, 0) is 13.9 Å². The molecule has 1 atom stereocenters. The van der Waals surface area contributed by atoms with Crippen molar-refractivity contribution >= 4 is 16.5 Å². The quantitative estimate of drug-likeness (QED) is 0.367. The summed E-state index contributed by atoms with van der Waals surface area (Å²) in [5, 5.41) is 0. The van der Waals surface area contributed by atoms with Gasteiger partial charge in [-0.2, -0.15) is 4.67 Å². The zero-order valence-electron chi connectivity index (χ0n) is 6.12. The van der Waals surface area contributed by atoms with E-state index in [2.05, 4.69) is 0 Å². The molecule has 1 unspecified atom stereocenters. The molecule has 0 aromatic rings. The molecule has 0 aliphatic carbocycles. The van der Waals surface area contributed by atoms with Gasteiger partial charge in [-0.15, -0.1) is 0 Å². The van der Waals surface area contributed by atoms with E-state index in [0.29, 0.717) is 0 Å². The molecule has 0 aliphatic heterocycles. The number of rotatable bonds is 4. The van der Waals surface area contributed by atoms with Crippen LogP contribution in [0.3, 0.4) is 0 Å². The molecule has 0 fully saturated rings. The molecule has 56 valence electrons. The predicted molar refractivity (Wildman–Crippen MR) is 40.8 cm³/mol. The van der Waals surface area contributed by atoms with Crippen LogP contribution in [0.5, 0.6) is 0 Å². The second kappa shape index (κ2) is 5.52. The Kier molecular flexibility index (Phi) is 5.97. The van der Waals surface area contributed by atoms with Crippen molar-refractivity contribution in [2.24, 2.45) is 0 Å². The van der Waals surface area contributed by atoms with E-state index in [-0.39, 0.29) is 0 Å². The van der Waals surface area contributed by atoms with Gasteiger partial charge < -0.3 is 4.52 Å². The molecule has 0 radical (unpaired) electrons. The molecule has 9 heavy (non-hydrogen) atoms. The molecule has 0 spiro atoms. The Balaban J connectivity index is 3.06. The van der Waals surface area contributed by atoms with Crippen molar-refractivity contribution in [3.8, 4) is 0 Å². The first-order valence-corrected chi connectivity index (χ1v) is 6.24. The average Bonchev–Trinajstić information content (AvgIpc) is 1.83. The molecule has 0 amide bonds. The molecule has 5 heteroatoms. The molecular formula is C4H12O3P2. The van der Waals surface area contributed by atoms with Crippen LogP contribution in [-0.4, -0.2) is 27.1 Å². The summed E-state index contributed by atoms with van der Waals surface area (Å²) in [6, 6.07) is 0. The van der Waals surface area contributed by atoms with Gasteiger partial charge in [0.15, 0.2) is 0 Å². The standard InChI is InChI=1S/C4H12O3P2/c1-5-9(4)7-6-8(2)3/h1-4H3. The van der Waals surface area contributed by atoms with Gasteiger partial charge in [-0.05, 0) is 13.3 Å². The molecule has 3 nitrogen and oxygen atoms in total.